The molecule has 156 valence electrons. The van der Waals surface area contributed by atoms with Crippen molar-refractivity contribution in [3.05, 3.63) is 58.7 Å². The van der Waals surface area contributed by atoms with E-state index in [2.05, 4.69) is 27.4 Å². The van der Waals surface area contributed by atoms with Crippen molar-refractivity contribution in [1.29, 1.82) is 0 Å². The molecule has 29 heavy (non-hydrogen) atoms. The summed E-state index contributed by atoms with van der Waals surface area (Å²) in [5.41, 5.74) is 4.96. The summed E-state index contributed by atoms with van der Waals surface area (Å²) in [6, 6.07) is 7.88. The smallest absolute Gasteiger partial charge is 0.339 e. The molecule has 2 rings (SSSR count). The number of carbonyl (C=O) groups is 1. The van der Waals surface area contributed by atoms with Gasteiger partial charge in [0.2, 0.25) is 0 Å². The second-order valence-electron chi connectivity index (χ2n) is 10.0. The van der Waals surface area contributed by atoms with Crippen LogP contribution < -0.4 is 4.74 Å². The van der Waals surface area contributed by atoms with Crippen LogP contribution in [0.2, 0.25) is 0 Å². The fourth-order valence-corrected chi connectivity index (χ4v) is 3.31. The number of phenols is 1. The summed E-state index contributed by atoms with van der Waals surface area (Å²) in [6.07, 6.45) is 0. The minimum atomic E-state index is -0.450. The van der Waals surface area contributed by atoms with Crippen LogP contribution in [0.15, 0.2) is 36.4 Å². The van der Waals surface area contributed by atoms with Crippen molar-refractivity contribution in [2.75, 3.05) is 0 Å². The van der Waals surface area contributed by atoms with Crippen LogP contribution >= 0.6 is 0 Å². The number of aromatic hydroxyl groups is 1. The third-order valence-electron chi connectivity index (χ3n) is 5.12. The highest BCUT2D eigenvalue weighted by Crippen LogP contribution is 2.44. The Bertz CT molecular complexity index is 967. The summed E-state index contributed by atoms with van der Waals surface area (Å²) in [6.45, 7) is 21.8. The topological polar surface area (TPSA) is 46.5 Å². The number of phenolic OH excluding ortho intramolecular Hbond substituents is 1. The Morgan fingerprint density at radius 1 is 0.897 bits per heavy atom. The van der Waals surface area contributed by atoms with Crippen LogP contribution in [0.4, 0.5) is 0 Å². The highest BCUT2D eigenvalue weighted by atomic mass is 16.5. The maximum Gasteiger partial charge on any atom is 0.339 e. The molecule has 0 aliphatic rings. The molecular formula is C26H34O3. The van der Waals surface area contributed by atoms with Gasteiger partial charge in [0.05, 0.1) is 0 Å². The SMILES string of the molecule is C=C(C(=O)Oc1c(C)cc(C)cc1-c1cc(C)cc(C(C)(C)C)c1O)C(C)(C)C. The van der Waals surface area contributed by atoms with Crippen molar-refractivity contribution in [2.24, 2.45) is 5.41 Å². The van der Waals surface area contributed by atoms with Crippen molar-refractivity contribution in [3.63, 3.8) is 0 Å². The lowest BCUT2D eigenvalue weighted by molar-refractivity contribution is -0.131. The summed E-state index contributed by atoms with van der Waals surface area (Å²) < 4.78 is 5.84. The molecule has 0 heterocycles. The third kappa shape index (κ3) is 4.90. The lowest BCUT2D eigenvalue weighted by Crippen LogP contribution is -2.22. The van der Waals surface area contributed by atoms with Gasteiger partial charge < -0.3 is 9.84 Å². The van der Waals surface area contributed by atoms with E-state index in [1.165, 1.54) is 0 Å². The molecule has 2 aromatic carbocycles. The van der Waals surface area contributed by atoms with E-state index in [0.29, 0.717) is 22.4 Å². The fraction of sp³-hybridized carbons (Fsp3) is 0.423. The first-order valence-corrected chi connectivity index (χ1v) is 10.00. The molecule has 3 nitrogen and oxygen atoms in total. The second-order valence-corrected chi connectivity index (χ2v) is 10.0. The molecule has 0 aliphatic heterocycles. The lowest BCUT2D eigenvalue weighted by atomic mass is 9.83. The Hall–Kier alpha value is -2.55. The first kappa shape index (κ1) is 22.7. The molecule has 1 N–H and O–H groups in total. The Morgan fingerprint density at radius 3 is 1.93 bits per heavy atom. The average molecular weight is 395 g/mol. The van der Waals surface area contributed by atoms with Crippen molar-refractivity contribution in [3.8, 4) is 22.6 Å². The predicted molar refractivity (Wildman–Crippen MR) is 121 cm³/mol. The molecule has 0 atom stereocenters. The van der Waals surface area contributed by atoms with Gasteiger partial charge in [-0.25, -0.2) is 4.79 Å². The largest absolute Gasteiger partial charge is 0.507 e. The van der Waals surface area contributed by atoms with E-state index in [1.54, 1.807) is 0 Å². The number of rotatable bonds is 3. The first-order valence-electron chi connectivity index (χ1n) is 10.00. The molecule has 0 amide bonds. The molecule has 0 aliphatic carbocycles. The zero-order valence-electron chi connectivity index (χ0n) is 19.3. The van der Waals surface area contributed by atoms with Crippen LogP contribution in [0, 0.1) is 26.2 Å². The van der Waals surface area contributed by atoms with E-state index < -0.39 is 5.97 Å². The maximum absolute atomic E-state index is 12.8. The van der Waals surface area contributed by atoms with Crippen molar-refractivity contribution in [1.82, 2.24) is 0 Å². The number of carbonyl (C=O) groups excluding carboxylic acids is 1. The van der Waals surface area contributed by atoms with Gasteiger partial charge >= 0.3 is 5.97 Å². The van der Waals surface area contributed by atoms with Crippen molar-refractivity contribution in [2.45, 2.75) is 67.7 Å². The summed E-state index contributed by atoms with van der Waals surface area (Å²) in [5.74, 6) is 0.237. The molecule has 0 spiro atoms. The van der Waals surface area contributed by atoms with Gasteiger partial charge in [0.25, 0.3) is 0 Å². The first-order chi connectivity index (χ1) is 13.1. The monoisotopic (exact) mass is 394 g/mol. The Morgan fingerprint density at radius 2 is 1.41 bits per heavy atom. The van der Waals surface area contributed by atoms with Crippen LogP contribution in [0.3, 0.4) is 0 Å². The minimum absolute atomic E-state index is 0.221. The molecule has 0 saturated carbocycles. The second kappa shape index (κ2) is 7.70. The van der Waals surface area contributed by atoms with Gasteiger partial charge in [-0.15, -0.1) is 0 Å². The molecule has 0 radical (unpaired) electrons. The number of ether oxygens (including phenoxy) is 1. The summed E-state index contributed by atoms with van der Waals surface area (Å²) >= 11 is 0. The van der Waals surface area contributed by atoms with E-state index in [0.717, 1.165) is 22.3 Å². The van der Waals surface area contributed by atoms with Crippen LogP contribution in [-0.2, 0) is 10.2 Å². The number of hydrogen-bond acceptors (Lipinski definition) is 3. The van der Waals surface area contributed by atoms with E-state index >= 15 is 0 Å². The number of esters is 1. The van der Waals surface area contributed by atoms with Gasteiger partial charge in [-0.3, -0.25) is 0 Å². The van der Waals surface area contributed by atoms with Crippen molar-refractivity contribution >= 4 is 5.97 Å². The van der Waals surface area contributed by atoms with Crippen LogP contribution in [-0.4, -0.2) is 11.1 Å². The quantitative estimate of drug-likeness (QED) is 0.354. The molecule has 3 heteroatoms. The number of aryl methyl sites for hydroxylation is 3. The molecular weight excluding hydrogens is 360 g/mol. The fourth-order valence-electron chi connectivity index (χ4n) is 3.31. The van der Waals surface area contributed by atoms with Gasteiger partial charge in [-0.1, -0.05) is 60.3 Å². The van der Waals surface area contributed by atoms with Gasteiger partial charge in [-0.05, 0) is 60.4 Å². The molecule has 0 fully saturated rings. The number of benzene rings is 2. The van der Waals surface area contributed by atoms with Crippen LogP contribution in [0.5, 0.6) is 11.5 Å². The molecule has 0 saturated heterocycles. The minimum Gasteiger partial charge on any atom is -0.507 e. The molecule has 0 bridgehead atoms. The van der Waals surface area contributed by atoms with Crippen molar-refractivity contribution < 1.29 is 14.6 Å². The maximum atomic E-state index is 12.8. The average Bonchev–Trinajstić information content (AvgIpc) is 2.56. The molecule has 0 aromatic heterocycles. The lowest BCUT2D eigenvalue weighted by Gasteiger charge is -2.25. The van der Waals surface area contributed by atoms with E-state index in [9.17, 15) is 9.90 Å². The summed E-state index contributed by atoms with van der Waals surface area (Å²) in [7, 11) is 0. The molecule has 2 aromatic rings. The summed E-state index contributed by atoms with van der Waals surface area (Å²) in [5, 5.41) is 11.1. The highest BCUT2D eigenvalue weighted by Gasteiger charge is 2.27. The van der Waals surface area contributed by atoms with Gasteiger partial charge in [0.15, 0.2) is 0 Å². The van der Waals surface area contributed by atoms with Crippen LogP contribution in [0.25, 0.3) is 11.1 Å². The standard InChI is InChI=1S/C26H34O3/c1-15-11-17(3)23(29-24(28)18(4)25(5,6)7)20(13-15)19-12-16(2)14-21(22(19)27)26(8,9)10/h11-14,27H,4H2,1-3,5-10H3. The predicted octanol–water partition coefficient (Wildman–Crippen LogP) is 6.79. The number of hydrogen-bond donors (Lipinski definition) is 1. The zero-order chi connectivity index (χ0) is 22.3. The van der Waals surface area contributed by atoms with Gasteiger partial charge in [0.1, 0.15) is 11.5 Å². The zero-order valence-corrected chi connectivity index (χ0v) is 19.3. The van der Waals surface area contributed by atoms with Gasteiger partial charge in [0, 0.05) is 22.3 Å². The third-order valence-corrected chi connectivity index (χ3v) is 5.12. The highest BCUT2D eigenvalue weighted by molar-refractivity contribution is 5.92. The molecule has 0 unspecified atom stereocenters. The van der Waals surface area contributed by atoms with Gasteiger partial charge in [-0.2, -0.15) is 0 Å². The van der Waals surface area contributed by atoms with E-state index in [-0.39, 0.29) is 16.6 Å². The van der Waals surface area contributed by atoms with E-state index in [4.69, 9.17) is 4.74 Å². The Kier molecular flexibility index (Phi) is 6.04. The van der Waals surface area contributed by atoms with Crippen LogP contribution in [0.1, 0.15) is 63.8 Å². The van der Waals surface area contributed by atoms with E-state index in [1.807, 2.05) is 65.8 Å². The Balaban J connectivity index is 2.71. The normalized spacial score (nSPS) is 12.0. The summed E-state index contributed by atoms with van der Waals surface area (Å²) in [4.78, 5) is 12.8. The Labute approximate surface area is 175 Å².